The molecule has 8 heavy (non-hydrogen) atoms. The largest absolute Gasteiger partial charge is 0.227 e. The summed E-state index contributed by atoms with van der Waals surface area (Å²) in [5.41, 5.74) is 1.04. The van der Waals surface area contributed by atoms with E-state index in [1.54, 1.807) is 12.4 Å². The quantitative estimate of drug-likeness (QED) is 0.489. The van der Waals surface area contributed by atoms with Crippen LogP contribution in [0.4, 0.5) is 0 Å². The summed E-state index contributed by atoms with van der Waals surface area (Å²) in [6, 6.07) is 0. The summed E-state index contributed by atoms with van der Waals surface area (Å²) in [5, 5.41) is 0.413. The Kier molecular flexibility index (Phi) is 1.39. The summed E-state index contributed by atoms with van der Waals surface area (Å²) in [6.07, 6.45) is 3.41. The fraction of sp³-hybridized carbons (Fsp3) is 0.200. The third-order valence-corrected chi connectivity index (χ3v) is 0.968. The number of hydrogen-bond acceptors (Lipinski definition) is 2. The van der Waals surface area contributed by atoms with Crippen LogP contribution in [0.5, 0.6) is 0 Å². The van der Waals surface area contributed by atoms with Gasteiger partial charge in [0.25, 0.3) is 0 Å². The van der Waals surface area contributed by atoms with Crippen molar-refractivity contribution in [2.45, 2.75) is 12.1 Å². The van der Waals surface area contributed by atoms with Gasteiger partial charge in [-0.15, -0.1) is 0 Å². The van der Waals surface area contributed by atoms with Crippen LogP contribution in [0, 0.1) is 6.92 Å². The van der Waals surface area contributed by atoms with Gasteiger partial charge in [-0.3, -0.25) is 0 Å². The average molecular weight is 125 g/mol. The SMILES string of the molecule is Cc1cnc([S])nc1. The minimum Gasteiger partial charge on any atom is -0.227 e. The first kappa shape index (κ1) is 5.44. The van der Waals surface area contributed by atoms with Gasteiger partial charge in [0.05, 0.1) is 0 Å². The number of rotatable bonds is 0. The van der Waals surface area contributed by atoms with Gasteiger partial charge in [-0.25, -0.2) is 9.97 Å². The Labute approximate surface area is 53.4 Å². The lowest BCUT2D eigenvalue weighted by Gasteiger charge is -1.86. The van der Waals surface area contributed by atoms with Crippen LogP contribution in [0.25, 0.3) is 0 Å². The molecule has 0 aliphatic heterocycles. The molecule has 0 saturated carbocycles. The average Bonchev–Trinajstić information content (AvgIpc) is 1.77. The maximum absolute atomic E-state index is 4.65. The molecule has 0 atom stereocenters. The molecule has 0 spiro atoms. The fourth-order valence-corrected chi connectivity index (χ4v) is 0.486. The van der Waals surface area contributed by atoms with Crippen molar-refractivity contribution < 1.29 is 0 Å². The summed E-state index contributed by atoms with van der Waals surface area (Å²) >= 11 is 4.65. The molecule has 1 heterocycles. The smallest absolute Gasteiger partial charge is 0.219 e. The van der Waals surface area contributed by atoms with Crippen LogP contribution in [0.2, 0.25) is 0 Å². The number of aromatic nitrogens is 2. The molecular weight excluding hydrogens is 120 g/mol. The van der Waals surface area contributed by atoms with E-state index in [9.17, 15) is 0 Å². The van der Waals surface area contributed by atoms with Gasteiger partial charge in [-0.2, -0.15) is 0 Å². The number of nitrogens with zero attached hydrogens (tertiary/aromatic N) is 2. The van der Waals surface area contributed by atoms with E-state index in [0.29, 0.717) is 5.16 Å². The van der Waals surface area contributed by atoms with Crippen molar-refractivity contribution in [3.8, 4) is 0 Å². The minimum atomic E-state index is 0.413. The van der Waals surface area contributed by atoms with Gasteiger partial charge >= 0.3 is 0 Å². The Bertz CT molecular complexity index is 149. The molecule has 0 aliphatic rings. The molecular formula is C5H5N2S. The molecule has 0 bridgehead atoms. The lowest BCUT2D eigenvalue weighted by molar-refractivity contribution is 0.957. The summed E-state index contributed by atoms with van der Waals surface area (Å²) in [5.74, 6) is 0. The van der Waals surface area contributed by atoms with E-state index >= 15 is 0 Å². The van der Waals surface area contributed by atoms with E-state index in [2.05, 4.69) is 22.6 Å². The first-order chi connectivity index (χ1) is 3.79. The van der Waals surface area contributed by atoms with Gasteiger partial charge in [-0.05, 0) is 25.1 Å². The van der Waals surface area contributed by atoms with E-state index in [1.807, 2.05) is 6.92 Å². The van der Waals surface area contributed by atoms with Crippen molar-refractivity contribution in [1.29, 1.82) is 0 Å². The first-order valence-electron chi connectivity index (χ1n) is 2.25. The molecule has 41 valence electrons. The van der Waals surface area contributed by atoms with Gasteiger partial charge < -0.3 is 0 Å². The monoisotopic (exact) mass is 125 g/mol. The van der Waals surface area contributed by atoms with Crippen molar-refractivity contribution in [2.24, 2.45) is 0 Å². The Hall–Kier alpha value is -0.700. The number of aryl methyl sites for hydroxylation is 1. The highest BCUT2D eigenvalue weighted by Gasteiger charge is 1.84. The molecule has 2 nitrogen and oxygen atoms in total. The molecule has 1 aromatic rings. The molecule has 0 amide bonds. The van der Waals surface area contributed by atoms with Gasteiger partial charge in [0.15, 0.2) is 0 Å². The summed E-state index contributed by atoms with van der Waals surface area (Å²) in [4.78, 5) is 7.56. The third-order valence-electron chi connectivity index (χ3n) is 0.757. The Morgan fingerprint density at radius 2 is 1.88 bits per heavy atom. The Morgan fingerprint density at radius 3 is 2.25 bits per heavy atom. The predicted octanol–water partition coefficient (Wildman–Crippen LogP) is 1.34. The second-order valence-electron chi connectivity index (χ2n) is 1.54. The summed E-state index contributed by atoms with van der Waals surface area (Å²) < 4.78 is 0. The van der Waals surface area contributed by atoms with E-state index < -0.39 is 0 Å². The second kappa shape index (κ2) is 2.05. The highest BCUT2D eigenvalue weighted by Crippen LogP contribution is 1.95. The highest BCUT2D eigenvalue weighted by atomic mass is 32.1. The highest BCUT2D eigenvalue weighted by molar-refractivity contribution is 7.80. The zero-order valence-electron chi connectivity index (χ0n) is 4.46. The number of hydrogen-bond donors (Lipinski definition) is 0. The van der Waals surface area contributed by atoms with Crippen LogP contribution in [-0.2, 0) is 0 Å². The molecule has 0 N–H and O–H groups in total. The zero-order valence-corrected chi connectivity index (χ0v) is 5.27. The molecule has 3 heteroatoms. The maximum atomic E-state index is 4.65. The Morgan fingerprint density at radius 1 is 1.38 bits per heavy atom. The molecule has 0 aromatic carbocycles. The van der Waals surface area contributed by atoms with Gasteiger partial charge in [-0.1, -0.05) is 0 Å². The van der Waals surface area contributed by atoms with Gasteiger partial charge in [0.1, 0.15) is 0 Å². The van der Waals surface area contributed by atoms with Crippen LogP contribution >= 0.6 is 12.6 Å². The molecule has 0 unspecified atom stereocenters. The van der Waals surface area contributed by atoms with Gasteiger partial charge in [0, 0.05) is 12.4 Å². The van der Waals surface area contributed by atoms with Crippen molar-refractivity contribution in [2.75, 3.05) is 0 Å². The molecule has 1 rings (SSSR count). The normalized spacial score (nSPS) is 9.12. The van der Waals surface area contributed by atoms with Crippen molar-refractivity contribution in [3.05, 3.63) is 18.0 Å². The lowest BCUT2D eigenvalue weighted by Crippen LogP contribution is -1.81. The molecule has 0 fully saturated rings. The fourth-order valence-electron chi connectivity index (χ4n) is 0.381. The van der Waals surface area contributed by atoms with E-state index in [4.69, 9.17) is 0 Å². The lowest BCUT2D eigenvalue weighted by atomic mass is 10.4. The molecule has 0 aliphatic carbocycles. The standard InChI is InChI=1S/C5H5N2S/c1-4-2-6-5(8)7-3-4/h2-3H,1H3. The first-order valence-corrected chi connectivity index (χ1v) is 2.65. The zero-order chi connectivity index (χ0) is 5.98. The Balaban J connectivity index is 3.03. The molecule has 1 radical (unpaired) electrons. The minimum absolute atomic E-state index is 0.413. The van der Waals surface area contributed by atoms with Crippen LogP contribution in [0.1, 0.15) is 5.56 Å². The van der Waals surface area contributed by atoms with E-state index in [1.165, 1.54) is 0 Å². The second-order valence-corrected chi connectivity index (χ2v) is 1.91. The van der Waals surface area contributed by atoms with Gasteiger partial charge in [0.2, 0.25) is 5.16 Å². The summed E-state index contributed by atoms with van der Waals surface area (Å²) in [6.45, 7) is 1.93. The molecule has 0 saturated heterocycles. The van der Waals surface area contributed by atoms with Crippen LogP contribution in [-0.4, -0.2) is 9.97 Å². The van der Waals surface area contributed by atoms with Crippen LogP contribution in [0.15, 0.2) is 17.6 Å². The predicted molar refractivity (Wildman–Crippen MR) is 32.6 cm³/mol. The third kappa shape index (κ3) is 1.13. The molecule has 1 aromatic heterocycles. The summed E-state index contributed by atoms with van der Waals surface area (Å²) in [7, 11) is 0. The maximum Gasteiger partial charge on any atom is 0.219 e. The topological polar surface area (TPSA) is 25.8 Å². The van der Waals surface area contributed by atoms with Crippen molar-refractivity contribution >= 4 is 12.6 Å². The van der Waals surface area contributed by atoms with Crippen LogP contribution in [0.3, 0.4) is 0 Å². The van der Waals surface area contributed by atoms with E-state index in [0.717, 1.165) is 5.56 Å². The van der Waals surface area contributed by atoms with Crippen molar-refractivity contribution in [3.63, 3.8) is 0 Å². The van der Waals surface area contributed by atoms with E-state index in [-0.39, 0.29) is 0 Å². The van der Waals surface area contributed by atoms with Crippen LogP contribution < -0.4 is 0 Å². The van der Waals surface area contributed by atoms with Crippen molar-refractivity contribution in [1.82, 2.24) is 9.97 Å².